The Morgan fingerprint density at radius 2 is 1.02 bits per heavy atom. The first kappa shape index (κ1) is 33.3. The van der Waals surface area contributed by atoms with Gasteiger partial charge in [0.15, 0.2) is 23.3 Å². The SMILES string of the molecule is CCCCCCCCc1ccc(-c2ccc(-c3ccc(C4CCC(CCCCCCC)CC4)c(F)c3F)cc2)c(F)c1F. The van der Waals surface area contributed by atoms with Crippen LogP contribution in [-0.4, -0.2) is 0 Å². The molecule has 4 rings (SSSR count). The number of hydrogen-bond donors (Lipinski definition) is 0. The summed E-state index contributed by atoms with van der Waals surface area (Å²) < 4.78 is 60.6. The highest BCUT2D eigenvalue weighted by Crippen LogP contribution is 2.40. The van der Waals surface area contributed by atoms with Crippen LogP contribution in [0.15, 0.2) is 48.5 Å². The zero-order valence-corrected chi connectivity index (χ0v) is 26.3. The average molecular weight is 595 g/mol. The van der Waals surface area contributed by atoms with E-state index in [4.69, 9.17) is 0 Å². The molecule has 0 spiro atoms. The van der Waals surface area contributed by atoms with E-state index in [0.29, 0.717) is 34.6 Å². The Morgan fingerprint density at radius 3 is 1.63 bits per heavy atom. The number of halogens is 4. The van der Waals surface area contributed by atoms with Gasteiger partial charge in [-0.15, -0.1) is 0 Å². The van der Waals surface area contributed by atoms with Gasteiger partial charge in [-0.25, -0.2) is 17.6 Å². The summed E-state index contributed by atoms with van der Waals surface area (Å²) in [6.07, 6.45) is 18.8. The molecule has 0 unspecified atom stereocenters. The number of benzene rings is 3. The summed E-state index contributed by atoms with van der Waals surface area (Å²) in [7, 11) is 0. The normalized spacial score (nSPS) is 17.0. The Morgan fingerprint density at radius 1 is 0.512 bits per heavy atom. The fourth-order valence-corrected chi connectivity index (χ4v) is 6.83. The van der Waals surface area contributed by atoms with Gasteiger partial charge in [0.25, 0.3) is 0 Å². The number of aryl methyl sites for hydroxylation is 1. The number of rotatable bonds is 16. The van der Waals surface area contributed by atoms with Crippen molar-refractivity contribution in [2.45, 2.75) is 129 Å². The Bertz CT molecular complexity index is 1270. The van der Waals surface area contributed by atoms with Crippen LogP contribution in [0.25, 0.3) is 22.3 Å². The minimum atomic E-state index is -0.857. The Balaban J connectivity index is 1.37. The van der Waals surface area contributed by atoms with Crippen molar-refractivity contribution in [2.24, 2.45) is 5.92 Å². The maximum Gasteiger partial charge on any atom is 0.166 e. The molecule has 0 bridgehead atoms. The highest BCUT2D eigenvalue weighted by molar-refractivity contribution is 5.71. The molecule has 0 saturated heterocycles. The molecule has 0 nitrogen and oxygen atoms in total. The van der Waals surface area contributed by atoms with Crippen molar-refractivity contribution >= 4 is 0 Å². The molecule has 3 aromatic rings. The van der Waals surface area contributed by atoms with E-state index in [1.54, 1.807) is 48.5 Å². The van der Waals surface area contributed by atoms with Gasteiger partial charge in [0.1, 0.15) is 0 Å². The molecule has 4 heteroatoms. The first-order valence-electron chi connectivity index (χ1n) is 17.0. The van der Waals surface area contributed by atoms with Gasteiger partial charge in [0.2, 0.25) is 0 Å². The molecule has 1 saturated carbocycles. The number of unbranched alkanes of at least 4 members (excludes halogenated alkanes) is 9. The molecule has 0 heterocycles. The molecule has 0 aliphatic heterocycles. The molecule has 234 valence electrons. The smallest absolute Gasteiger partial charge is 0.166 e. The van der Waals surface area contributed by atoms with E-state index in [1.807, 2.05) is 0 Å². The summed E-state index contributed by atoms with van der Waals surface area (Å²) in [6.45, 7) is 4.40. The topological polar surface area (TPSA) is 0 Å². The minimum absolute atomic E-state index is 0.0594. The Hall–Kier alpha value is -2.62. The lowest BCUT2D eigenvalue weighted by Gasteiger charge is -2.29. The first-order valence-corrected chi connectivity index (χ1v) is 17.0. The highest BCUT2D eigenvalue weighted by atomic mass is 19.2. The van der Waals surface area contributed by atoms with Crippen molar-refractivity contribution in [1.29, 1.82) is 0 Å². The van der Waals surface area contributed by atoms with Crippen LogP contribution in [0.2, 0.25) is 0 Å². The molecule has 0 amide bonds. The molecule has 0 radical (unpaired) electrons. The van der Waals surface area contributed by atoms with Crippen LogP contribution >= 0.6 is 0 Å². The molecule has 0 aromatic heterocycles. The summed E-state index contributed by atoms with van der Waals surface area (Å²) in [6, 6.07) is 13.3. The predicted molar refractivity (Wildman–Crippen MR) is 172 cm³/mol. The molecule has 3 aromatic carbocycles. The van der Waals surface area contributed by atoms with Gasteiger partial charge >= 0.3 is 0 Å². The third-order valence-electron chi connectivity index (χ3n) is 9.58. The van der Waals surface area contributed by atoms with Crippen molar-refractivity contribution in [1.82, 2.24) is 0 Å². The minimum Gasteiger partial charge on any atom is -0.203 e. The highest BCUT2D eigenvalue weighted by Gasteiger charge is 2.26. The van der Waals surface area contributed by atoms with Crippen molar-refractivity contribution in [3.8, 4) is 22.3 Å². The monoisotopic (exact) mass is 594 g/mol. The zero-order valence-electron chi connectivity index (χ0n) is 26.3. The van der Waals surface area contributed by atoms with E-state index in [1.165, 1.54) is 57.8 Å². The largest absolute Gasteiger partial charge is 0.203 e. The van der Waals surface area contributed by atoms with E-state index < -0.39 is 23.3 Å². The van der Waals surface area contributed by atoms with Gasteiger partial charge in [-0.2, -0.15) is 0 Å². The van der Waals surface area contributed by atoms with Crippen LogP contribution in [0.4, 0.5) is 17.6 Å². The van der Waals surface area contributed by atoms with Crippen LogP contribution in [0.3, 0.4) is 0 Å². The average Bonchev–Trinajstić information content (AvgIpc) is 3.03. The lowest BCUT2D eigenvalue weighted by atomic mass is 9.76. The number of hydrogen-bond acceptors (Lipinski definition) is 0. The molecule has 0 N–H and O–H groups in total. The first-order chi connectivity index (χ1) is 20.9. The van der Waals surface area contributed by atoms with Gasteiger partial charge in [-0.05, 0) is 72.6 Å². The predicted octanol–water partition coefficient (Wildman–Crippen LogP) is 13.1. The quantitative estimate of drug-likeness (QED) is 0.114. The molecule has 0 atom stereocenters. The lowest BCUT2D eigenvalue weighted by Crippen LogP contribution is -2.15. The molecule has 1 aliphatic carbocycles. The Labute approximate surface area is 257 Å². The van der Waals surface area contributed by atoms with E-state index in [9.17, 15) is 4.39 Å². The van der Waals surface area contributed by atoms with Crippen LogP contribution in [-0.2, 0) is 6.42 Å². The standard InChI is InChI=1S/C39H50F4/c1-3-5-7-9-11-13-15-32-24-25-33(37(41)36(32)40)30-20-22-31(23-21-30)35-27-26-34(38(42)39(35)43)29-18-16-28(17-19-29)14-12-10-8-6-4-2/h20-29H,3-19H2,1-2H3. The summed E-state index contributed by atoms with van der Waals surface area (Å²) in [4.78, 5) is 0. The van der Waals surface area contributed by atoms with Gasteiger partial charge in [-0.3, -0.25) is 0 Å². The molecule has 1 aliphatic rings. The molecular formula is C39H50F4. The van der Waals surface area contributed by atoms with Gasteiger partial charge in [0, 0.05) is 11.1 Å². The summed E-state index contributed by atoms with van der Waals surface area (Å²) >= 11 is 0. The van der Waals surface area contributed by atoms with Crippen molar-refractivity contribution < 1.29 is 17.6 Å². The maximum atomic E-state index is 15.3. The molecule has 1 fully saturated rings. The van der Waals surface area contributed by atoms with E-state index in [0.717, 1.165) is 44.9 Å². The fraction of sp³-hybridized carbons (Fsp3) is 0.538. The van der Waals surface area contributed by atoms with Gasteiger partial charge in [0.05, 0.1) is 0 Å². The van der Waals surface area contributed by atoms with Crippen LogP contribution < -0.4 is 0 Å². The second kappa shape index (κ2) is 17.0. The summed E-state index contributed by atoms with van der Waals surface area (Å²) in [5.74, 6) is -2.47. The van der Waals surface area contributed by atoms with Crippen LogP contribution in [0.5, 0.6) is 0 Å². The Kier molecular flexibility index (Phi) is 13.2. The molecule has 43 heavy (non-hydrogen) atoms. The second-order valence-corrected chi connectivity index (χ2v) is 12.7. The van der Waals surface area contributed by atoms with E-state index >= 15 is 13.2 Å². The van der Waals surface area contributed by atoms with Gasteiger partial charge in [-0.1, -0.05) is 133 Å². The van der Waals surface area contributed by atoms with Crippen molar-refractivity contribution in [3.05, 3.63) is 82.9 Å². The van der Waals surface area contributed by atoms with Gasteiger partial charge < -0.3 is 0 Å². The fourth-order valence-electron chi connectivity index (χ4n) is 6.83. The zero-order chi connectivity index (χ0) is 30.6. The lowest BCUT2D eigenvalue weighted by molar-refractivity contribution is 0.297. The third-order valence-corrected chi connectivity index (χ3v) is 9.58. The summed E-state index contributed by atoms with van der Waals surface area (Å²) in [5.41, 5.74) is 2.27. The van der Waals surface area contributed by atoms with Crippen molar-refractivity contribution in [2.75, 3.05) is 0 Å². The van der Waals surface area contributed by atoms with E-state index in [2.05, 4.69) is 13.8 Å². The third kappa shape index (κ3) is 8.96. The maximum absolute atomic E-state index is 15.3. The summed E-state index contributed by atoms with van der Waals surface area (Å²) in [5, 5.41) is 0. The van der Waals surface area contributed by atoms with E-state index in [-0.39, 0.29) is 17.0 Å². The van der Waals surface area contributed by atoms with Crippen LogP contribution in [0, 0.1) is 29.2 Å². The van der Waals surface area contributed by atoms with Crippen molar-refractivity contribution in [3.63, 3.8) is 0 Å². The second-order valence-electron chi connectivity index (χ2n) is 12.7. The van der Waals surface area contributed by atoms with Crippen LogP contribution in [0.1, 0.15) is 134 Å². The molecular weight excluding hydrogens is 544 g/mol.